The van der Waals surface area contributed by atoms with Gasteiger partial charge in [-0.25, -0.2) is 0 Å². The van der Waals surface area contributed by atoms with Crippen LogP contribution in [0.25, 0.3) is 11.1 Å². The van der Waals surface area contributed by atoms with Gasteiger partial charge in [-0.1, -0.05) is 29.8 Å². The van der Waals surface area contributed by atoms with Crippen LogP contribution < -0.4 is 5.32 Å². The van der Waals surface area contributed by atoms with E-state index in [2.05, 4.69) is 53.4 Å². The fourth-order valence-electron chi connectivity index (χ4n) is 3.10. The van der Waals surface area contributed by atoms with E-state index in [9.17, 15) is 4.79 Å². The molecule has 5 heteroatoms. The van der Waals surface area contributed by atoms with Crippen molar-refractivity contribution in [3.63, 3.8) is 0 Å². The Morgan fingerprint density at radius 2 is 1.84 bits per heavy atom. The van der Waals surface area contributed by atoms with Gasteiger partial charge in [-0.05, 0) is 43.9 Å². The maximum absolute atomic E-state index is 12.5. The van der Waals surface area contributed by atoms with Gasteiger partial charge in [-0.2, -0.15) is 0 Å². The minimum Gasteiger partial charge on any atom is -0.351 e. The molecule has 0 spiro atoms. The molecule has 0 bridgehead atoms. The standard InChI is InChI=1S/C20H27N3OS/c1-16-4-6-17(7-5-16)18-8-15-25-19(18)20(24)21-9-3-10-23-13-11-22(2)12-14-23/h4-8,15H,3,9-14H2,1-2H3,(H,21,24). The molecule has 0 radical (unpaired) electrons. The van der Waals surface area contributed by atoms with E-state index in [0.29, 0.717) is 0 Å². The zero-order chi connectivity index (χ0) is 17.6. The van der Waals surface area contributed by atoms with Gasteiger partial charge in [0.25, 0.3) is 5.91 Å². The van der Waals surface area contributed by atoms with Gasteiger partial charge in [0.05, 0.1) is 4.88 Å². The number of nitrogens with one attached hydrogen (secondary N) is 1. The van der Waals surface area contributed by atoms with Crippen molar-refractivity contribution in [2.24, 2.45) is 0 Å². The van der Waals surface area contributed by atoms with Crippen LogP contribution in [0.3, 0.4) is 0 Å². The smallest absolute Gasteiger partial charge is 0.261 e. The van der Waals surface area contributed by atoms with E-state index in [1.165, 1.54) is 16.9 Å². The second-order valence-electron chi connectivity index (χ2n) is 6.78. The quantitative estimate of drug-likeness (QED) is 0.807. The molecule has 134 valence electrons. The van der Waals surface area contributed by atoms with Crippen molar-refractivity contribution in [3.8, 4) is 11.1 Å². The molecule has 2 aromatic rings. The number of piperazine rings is 1. The van der Waals surface area contributed by atoms with Crippen molar-refractivity contribution in [2.75, 3.05) is 46.3 Å². The Labute approximate surface area is 154 Å². The molecule has 1 fully saturated rings. The Hall–Kier alpha value is -1.69. The summed E-state index contributed by atoms with van der Waals surface area (Å²) in [7, 11) is 2.17. The van der Waals surface area contributed by atoms with E-state index in [4.69, 9.17) is 0 Å². The minimum atomic E-state index is 0.0453. The number of carbonyl (C=O) groups excluding carboxylic acids is 1. The van der Waals surface area contributed by atoms with Gasteiger partial charge < -0.3 is 15.1 Å². The lowest BCUT2D eigenvalue weighted by Crippen LogP contribution is -2.45. The lowest BCUT2D eigenvalue weighted by atomic mass is 10.0. The summed E-state index contributed by atoms with van der Waals surface area (Å²) in [6, 6.07) is 10.4. The van der Waals surface area contributed by atoms with E-state index in [0.717, 1.165) is 61.7 Å². The summed E-state index contributed by atoms with van der Waals surface area (Å²) >= 11 is 1.52. The number of thiophene rings is 1. The van der Waals surface area contributed by atoms with Gasteiger partial charge >= 0.3 is 0 Å². The maximum Gasteiger partial charge on any atom is 0.261 e. The van der Waals surface area contributed by atoms with Crippen molar-refractivity contribution in [1.82, 2.24) is 15.1 Å². The first kappa shape index (κ1) is 18.1. The van der Waals surface area contributed by atoms with Crippen molar-refractivity contribution in [3.05, 3.63) is 46.2 Å². The molecule has 1 N–H and O–H groups in total. The molecule has 0 unspecified atom stereocenters. The number of carbonyl (C=O) groups is 1. The first-order chi connectivity index (χ1) is 12.1. The van der Waals surface area contributed by atoms with E-state index in [1.54, 1.807) is 0 Å². The topological polar surface area (TPSA) is 35.6 Å². The molecule has 25 heavy (non-hydrogen) atoms. The van der Waals surface area contributed by atoms with Gasteiger partial charge in [0.2, 0.25) is 0 Å². The number of rotatable bonds is 6. The maximum atomic E-state index is 12.5. The van der Waals surface area contributed by atoms with Gasteiger partial charge in [0.1, 0.15) is 0 Å². The Morgan fingerprint density at radius 3 is 2.56 bits per heavy atom. The van der Waals surface area contributed by atoms with Crippen LogP contribution >= 0.6 is 11.3 Å². The highest BCUT2D eigenvalue weighted by Crippen LogP contribution is 2.28. The van der Waals surface area contributed by atoms with Crippen molar-refractivity contribution >= 4 is 17.2 Å². The summed E-state index contributed by atoms with van der Waals surface area (Å²) in [5.41, 5.74) is 3.37. The fraction of sp³-hybridized carbons (Fsp3) is 0.450. The lowest BCUT2D eigenvalue weighted by molar-refractivity contribution is 0.0954. The summed E-state index contributed by atoms with van der Waals surface area (Å²) in [6.07, 6.45) is 1.00. The molecular weight excluding hydrogens is 330 g/mol. The molecule has 4 nitrogen and oxygen atoms in total. The van der Waals surface area contributed by atoms with E-state index in [1.807, 2.05) is 11.4 Å². The number of likely N-dealkylation sites (N-methyl/N-ethyl adjacent to an activating group) is 1. The summed E-state index contributed by atoms with van der Waals surface area (Å²) < 4.78 is 0. The Morgan fingerprint density at radius 1 is 1.12 bits per heavy atom. The molecule has 1 amide bonds. The molecule has 2 heterocycles. The number of aryl methyl sites for hydroxylation is 1. The van der Waals surface area contributed by atoms with Crippen LogP contribution in [0.4, 0.5) is 0 Å². The molecule has 0 aliphatic carbocycles. The fourth-order valence-corrected chi connectivity index (χ4v) is 3.93. The zero-order valence-corrected chi connectivity index (χ0v) is 15.9. The third-order valence-corrected chi connectivity index (χ3v) is 5.68. The highest BCUT2D eigenvalue weighted by atomic mass is 32.1. The van der Waals surface area contributed by atoms with Crippen LogP contribution in [0, 0.1) is 6.92 Å². The van der Waals surface area contributed by atoms with Crippen molar-refractivity contribution in [2.45, 2.75) is 13.3 Å². The number of benzene rings is 1. The Bertz CT molecular complexity index is 687. The third-order valence-electron chi connectivity index (χ3n) is 4.77. The summed E-state index contributed by atoms with van der Waals surface area (Å²) in [5, 5.41) is 5.08. The minimum absolute atomic E-state index is 0.0453. The van der Waals surface area contributed by atoms with Crippen molar-refractivity contribution < 1.29 is 4.79 Å². The summed E-state index contributed by atoms with van der Waals surface area (Å²) in [4.78, 5) is 18.2. The average Bonchev–Trinajstić information content (AvgIpc) is 3.10. The number of hydrogen-bond donors (Lipinski definition) is 1. The number of hydrogen-bond acceptors (Lipinski definition) is 4. The van der Waals surface area contributed by atoms with Crippen LogP contribution in [0.15, 0.2) is 35.7 Å². The highest BCUT2D eigenvalue weighted by molar-refractivity contribution is 7.12. The van der Waals surface area contributed by atoms with Crippen LogP contribution in [-0.2, 0) is 0 Å². The normalized spacial score (nSPS) is 16.1. The molecule has 1 aliphatic heterocycles. The molecule has 1 saturated heterocycles. The van der Waals surface area contributed by atoms with Gasteiger partial charge in [0.15, 0.2) is 0 Å². The molecule has 0 saturated carbocycles. The van der Waals surface area contributed by atoms with Crippen LogP contribution in [0.1, 0.15) is 21.7 Å². The predicted octanol–water partition coefficient (Wildman–Crippen LogP) is 3.09. The predicted molar refractivity (Wildman–Crippen MR) is 105 cm³/mol. The molecule has 0 atom stereocenters. The third kappa shape index (κ3) is 4.91. The monoisotopic (exact) mass is 357 g/mol. The first-order valence-corrected chi connectivity index (χ1v) is 9.85. The average molecular weight is 358 g/mol. The molecule has 1 aromatic carbocycles. The van der Waals surface area contributed by atoms with Crippen molar-refractivity contribution in [1.29, 1.82) is 0 Å². The number of amides is 1. The van der Waals surface area contributed by atoms with Gasteiger partial charge in [0, 0.05) is 38.3 Å². The molecule has 1 aliphatic rings. The van der Waals surface area contributed by atoms with E-state index in [-0.39, 0.29) is 5.91 Å². The second-order valence-corrected chi connectivity index (χ2v) is 7.70. The number of nitrogens with zero attached hydrogens (tertiary/aromatic N) is 2. The second kappa shape index (κ2) is 8.61. The van der Waals surface area contributed by atoms with Gasteiger partial charge in [-0.15, -0.1) is 11.3 Å². The van der Waals surface area contributed by atoms with Crippen LogP contribution in [-0.4, -0.2) is 62.0 Å². The van der Waals surface area contributed by atoms with E-state index < -0.39 is 0 Å². The molecule has 3 rings (SSSR count). The Balaban J connectivity index is 1.49. The zero-order valence-electron chi connectivity index (χ0n) is 15.1. The largest absolute Gasteiger partial charge is 0.351 e. The van der Waals surface area contributed by atoms with E-state index >= 15 is 0 Å². The van der Waals surface area contributed by atoms with Gasteiger partial charge in [-0.3, -0.25) is 4.79 Å². The summed E-state index contributed by atoms with van der Waals surface area (Å²) in [6.45, 7) is 8.41. The highest BCUT2D eigenvalue weighted by Gasteiger charge is 2.15. The first-order valence-electron chi connectivity index (χ1n) is 8.97. The summed E-state index contributed by atoms with van der Waals surface area (Å²) in [5.74, 6) is 0.0453. The lowest BCUT2D eigenvalue weighted by Gasteiger charge is -2.32. The van der Waals surface area contributed by atoms with Crippen LogP contribution in [0.5, 0.6) is 0 Å². The molecular formula is C20H27N3OS. The SMILES string of the molecule is Cc1ccc(-c2ccsc2C(=O)NCCCN2CCN(C)CC2)cc1. The Kier molecular flexibility index (Phi) is 6.24. The van der Waals surface area contributed by atoms with Crippen LogP contribution in [0.2, 0.25) is 0 Å². The molecule has 1 aromatic heterocycles.